The average Bonchev–Trinajstić information content (AvgIpc) is 3.09. The minimum Gasteiger partial charge on any atom is -0.370 e. The summed E-state index contributed by atoms with van der Waals surface area (Å²) < 4.78 is 6.48. The number of hydrogen-bond acceptors (Lipinski definition) is 3. The molecule has 3 unspecified atom stereocenters. The van der Waals surface area contributed by atoms with Crippen molar-refractivity contribution in [1.82, 2.24) is 10.2 Å². The Hall–Kier alpha value is -0.120. The van der Waals surface area contributed by atoms with Crippen molar-refractivity contribution in [1.29, 1.82) is 0 Å². The van der Waals surface area contributed by atoms with Crippen LogP contribution in [-0.2, 0) is 4.74 Å². The van der Waals surface area contributed by atoms with E-state index in [1.807, 2.05) is 0 Å². The third-order valence-corrected chi connectivity index (χ3v) is 6.02. The van der Waals surface area contributed by atoms with Crippen LogP contribution in [0.1, 0.15) is 58.3 Å². The van der Waals surface area contributed by atoms with Crippen molar-refractivity contribution in [3.8, 4) is 0 Å². The molecule has 116 valence electrons. The molecule has 0 aromatic rings. The fourth-order valence-electron chi connectivity index (χ4n) is 4.60. The number of rotatable bonds is 4. The molecule has 1 spiro atoms. The highest BCUT2D eigenvalue weighted by Gasteiger charge is 2.42. The topological polar surface area (TPSA) is 24.5 Å². The number of nitrogens with zero attached hydrogens (tertiary/aromatic N) is 1. The standard InChI is InChI=1S/C17H32N2O/c1-14(18-2)15-6-5-11-19(12-15)13-16-7-10-17(20-16)8-3-4-9-17/h14-16,18H,3-13H2,1-2H3. The maximum atomic E-state index is 6.48. The molecule has 3 fully saturated rings. The molecular formula is C17H32N2O. The Bertz CT molecular complexity index is 314. The summed E-state index contributed by atoms with van der Waals surface area (Å²) in [7, 11) is 2.09. The van der Waals surface area contributed by atoms with E-state index in [9.17, 15) is 0 Å². The molecule has 0 bridgehead atoms. The van der Waals surface area contributed by atoms with Gasteiger partial charge in [-0.1, -0.05) is 12.8 Å². The van der Waals surface area contributed by atoms with E-state index in [1.165, 1.54) is 71.0 Å². The number of hydrogen-bond donors (Lipinski definition) is 1. The Kier molecular flexibility index (Phi) is 4.68. The van der Waals surface area contributed by atoms with Gasteiger partial charge in [0.1, 0.15) is 0 Å². The molecule has 1 saturated carbocycles. The Labute approximate surface area is 124 Å². The molecule has 1 aliphatic carbocycles. The third kappa shape index (κ3) is 3.20. The summed E-state index contributed by atoms with van der Waals surface area (Å²) in [5, 5.41) is 3.43. The first-order chi connectivity index (χ1) is 9.71. The molecule has 2 heterocycles. The normalized spacial score (nSPS) is 35.7. The molecule has 0 aromatic heterocycles. The van der Waals surface area contributed by atoms with Crippen LogP contribution < -0.4 is 5.32 Å². The van der Waals surface area contributed by atoms with Crippen LogP contribution in [0, 0.1) is 5.92 Å². The lowest BCUT2D eigenvalue weighted by Crippen LogP contribution is -2.46. The number of piperidine rings is 1. The third-order valence-electron chi connectivity index (χ3n) is 6.02. The van der Waals surface area contributed by atoms with E-state index in [4.69, 9.17) is 4.74 Å². The predicted octanol–water partition coefficient (Wildman–Crippen LogP) is 2.80. The maximum absolute atomic E-state index is 6.48. The second-order valence-corrected chi connectivity index (χ2v) is 7.41. The minimum absolute atomic E-state index is 0.304. The van der Waals surface area contributed by atoms with Crippen molar-refractivity contribution in [2.24, 2.45) is 5.92 Å². The highest BCUT2D eigenvalue weighted by Crippen LogP contribution is 2.43. The summed E-state index contributed by atoms with van der Waals surface area (Å²) >= 11 is 0. The number of ether oxygens (including phenoxy) is 1. The van der Waals surface area contributed by atoms with Gasteiger partial charge in [0, 0.05) is 19.1 Å². The van der Waals surface area contributed by atoms with Gasteiger partial charge in [-0.3, -0.25) is 0 Å². The SMILES string of the molecule is CNC(C)C1CCCN(CC2CCC3(CCCC3)O2)C1. The van der Waals surface area contributed by atoms with Crippen LogP contribution >= 0.6 is 0 Å². The highest BCUT2D eigenvalue weighted by atomic mass is 16.5. The molecule has 3 heteroatoms. The van der Waals surface area contributed by atoms with Crippen molar-refractivity contribution in [2.45, 2.75) is 76.0 Å². The van der Waals surface area contributed by atoms with E-state index in [0.29, 0.717) is 17.7 Å². The molecule has 3 nitrogen and oxygen atoms in total. The van der Waals surface area contributed by atoms with Crippen molar-refractivity contribution < 1.29 is 4.74 Å². The van der Waals surface area contributed by atoms with E-state index in [1.54, 1.807) is 0 Å². The molecule has 1 N–H and O–H groups in total. The predicted molar refractivity (Wildman–Crippen MR) is 83.0 cm³/mol. The van der Waals surface area contributed by atoms with Crippen molar-refractivity contribution in [3.63, 3.8) is 0 Å². The molecule has 3 atom stereocenters. The molecule has 2 saturated heterocycles. The smallest absolute Gasteiger partial charge is 0.0710 e. The van der Waals surface area contributed by atoms with Crippen LogP contribution in [0.15, 0.2) is 0 Å². The van der Waals surface area contributed by atoms with Crippen LogP contribution in [0.3, 0.4) is 0 Å². The van der Waals surface area contributed by atoms with Gasteiger partial charge >= 0.3 is 0 Å². The first-order valence-electron chi connectivity index (χ1n) is 8.78. The van der Waals surface area contributed by atoms with Crippen molar-refractivity contribution in [3.05, 3.63) is 0 Å². The molecule has 0 radical (unpaired) electrons. The largest absolute Gasteiger partial charge is 0.370 e. The van der Waals surface area contributed by atoms with Crippen molar-refractivity contribution in [2.75, 3.05) is 26.7 Å². The summed E-state index contributed by atoms with van der Waals surface area (Å²) in [6, 6.07) is 0.642. The first kappa shape index (κ1) is 14.8. The van der Waals surface area contributed by atoms with E-state index in [-0.39, 0.29) is 0 Å². The highest BCUT2D eigenvalue weighted by molar-refractivity contribution is 4.94. The Morgan fingerprint density at radius 1 is 1.20 bits per heavy atom. The molecule has 2 aliphatic heterocycles. The summed E-state index contributed by atoms with van der Waals surface area (Å²) in [5.74, 6) is 0.815. The monoisotopic (exact) mass is 280 g/mol. The van der Waals surface area contributed by atoms with Crippen LogP contribution in [0.2, 0.25) is 0 Å². The molecule has 0 amide bonds. The molecule has 3 aliphatic rings. The molecule has 3 rings (SSSR count). The number of nitrogens with one attached hydrogen (secondary N) is 1. The summed E-state index contributed by atoms with van der Waals surface area (Å²) in [6.45, 7) is 6.04. The van der Waals surface area contributed by atoms with E-state index >= 15 is 0 Å². The van der Waals surface area contributed by atoms with Crippen LogP contribution in [0.25, 0.3) is 0 Å². The van der Waals surface area contributed by atoms with Crippen LogP contribution in [-0.4, -0.2) is 49.3 Å². The van der Waals surface area contributed by atoms with E-state index in [0.717, 1.165) is 5.92 Å². The van der Waals surface area contributed by atoms with Crippen LogP contribution in [0.4, 0.5) is 0 Å². The van der Waals surface area contributed by atoms with E-state index < -0.39 is 0 Å². The second kappa shape index (κ2) is 6.33. The first-order valence-corrected chi connectivity index (χ1v) is 8.78. The number of likely N-dealkylation sites (tertiary alicyclic amines) is 1. The van der Waals surface area contributed by atoms with Crippen molar-refractivity contribution >= 4 is 0 Å². The lowest BCUT2D eigenvalue weighted by molar-refractivity contribution is -0.0511. The van der Waals surface area contributed by atoms with Gasteiger partial charge in [-0.2, -0.15) is 0 Å². The summed E-state index contributed by atoms with van der Waals surface area (Å²) in [5.41, 5.74) is 0.304. The van der Waals surface area contributed by atoms with Gasteiger partial charge < -0.3 is 15.0 Å². The fourth-order valence-corrected chi connectivity index (χ4v) is 4.60. The Morgan fingerprint density at radius 3 is 2.75 bits per heavy atom. The quantitative estimate of drug-likeness (QED) is 0.857. The lowest BCUT2D eigenvalue weighted by Gasteiger charge is -2.37. The van der Waals surface area contributed by atoms with Gasteiger partial charge in [0.05, 0.1) is 11.7 Å². The molecule has 20 heavy (non-hydrogen) atoms. The van der Waals surface area contributed by atoms with Gasteiger partial charge in [-0.15, -0.1) is 0 Å². The zero-order valence-corrected chi connectivity index (χ0v) is 13.4. The maximum Gasteiger partial charge on any atom is 0.0710 e. The zero-order valence-electron chi connectivity index (χ0n) is 13.4. The van der Waals surface area contributed by atoms with Crippen LogP contribution in [0.5, 0.6) is 0 Å². The van der Waals surface area contributed by atoms with E-state index in [2.05, 4.69) is 24.2 Å². The Morgan fingerprint density at radius 2 is 2.00 bits per heavy atom. The summed E-state index contributed by atoms with van der Waals surface area (Å²) in [6.07, 6.45) is 11.3. The lowest BCUT2D eigenvalue weighted by atomic mass is 9.91. The van der Waals surface area contributed by atoms with Gasteiger partial charge in [-0.05, 0) is 65.0 Å². The second-order valence-electron chi connectivity index (χ2n) is 7.41. The minimum atomic E-state index is 0.304. The zero-order chi connectivity index (χ0) is 14.0. The average molecular weight is 280 g/mol. The summed E-state index contributed by atoms with van der Waals surface area (Å²) in [4.78, 5) is 2.67. The molecule has 0 aromatic carbocycles. The fraction of sp³-hybridized carbons (Fsp3) is 1.00. The van der Waals surface area contributed by atoms with Gasteiger partial charge in [0.2, 0.25) is 0 Å². The van der Waals surface area contributed by atoms with Gasteiger partial charge in [0.15, 0.2) is 0 Å². The molecular weight excluding hydrogens is 248 g/mol. The van der Waals surface area contributed by atoms with Gasteiger partial charge in [0.25, 0.3) is 0 Å². The van der Waals surface area contributed by atoms with Gasteiger partial charge in [-0.25, -0.2) is 0 Å². The Balaban J connectivity index is 1.48.